The Morgan fingerprint density at radius 3 is 2.40 bits per heavy atom. The lowest BCUT2D eigenvalue weighted by Gasteiger charge is -2.10. The summed E-state index contributed by atoms with van der Waals surface area (Å²) in [6, 6.07) is 30.0. The smallest absolute Gasteiger partial charge is 0.0729 e. The molecule has 1 N–H and O–H groups in total. The van der Waals surface area contributed by atoms with Gasteiger partial charge in [0, 0.05) is 40.1 Å². The molecule has 0 fully saturated rings. The van der Waals surface area contributed by atoms with Crippen LogP contribution in [-0.4, -0.2) is 15.8 Å². The largest absolute Gasteiger partial charge is 0.361 e. The summed E-state index contributed by atoms with van der Waals surface area (Å²) in [4.78, 5) is 7.94. The van der Waals surface area contributed by atoms with E-state index in [0.717, 1.165) is 22.5 Å². The van der Waals surface area contributed by atoms with E-state index in [1.807, 2.05) is 24.6 Å². The maximum Gasteiger partial charge on any atom is 0.0729 e. The van der Waals surface area contributed by atoms with Crippen molar-refractivity contribution in [1.29, 1.82) is 0 Å². The minimum absolute atomic E-state index is 0.976. The van der Waals surface area contributed by atoms with Gasteiger partial charge in [0.2, 0.25) is 0 Å². The van der Waals surface area contributed by atoms with Crippen molar-refractivity contribution < 1.29 is 0 Å². The second-order valence-corrected chi connectivity index (χ2v) is 7.40. The zero-order valence-corrected chi connectivity index (χ0v) is 16.3. The van der Waals surface area contributed by atoms with Gasteiger partial charge in [-0.2, -0.15) is 0 Å². The standard InChI is InChI=1S/C27H19N3/c1-2-8-20(9-3-1)30-25-13-5-4-10-21(25)22-18-19(14-15-26(22)30)27(23-11-6-16-28-23)24-12-7-17-29-24/h1-18,28H/b27-24-. The number of aromatic nitrogens is 2. The number of nitrogens with zero attached hydrogens (tertiary/aromatic N) is 2. The first-order chi connectivity index (χ1) is 14.9. The minimum Gasteiger partial charge on any atom is -0.361 e. The van der Waals surface area contributed by atoms with Crippen molar-refractivity contribution in [2.75, 3.05) is 0 Å². The van der Waals surface area contributed by atoms with E-state index in [-0.39, 0.29) is 0 Å². The maximum absolute atomic E-state index is 4.58. The first kappa shape index (κ1) is 16.8. The van der Waals surface area contributed by atoms with Gasteiger partial charge < -0.3 is 9.55 Å². The number of allylic oxidation sites excluding steroid dienone is 2. The molecule has 6 rings (SSSR count). The molecule has 0 bridgehead atoms. The molecule has 142 valence electrons. The second kappa shape index (κ2) is 6.75. The van der Waals surface area contributed by atoms with Crippen LogP contribution in [0.4, 0.5) is 0 Å². The number of aromatic amines is 1. The lowest BCUT2D eigenvalue weighted by Crippen LogP contribution is -1.94. The van der Waals surface area contributed by atoms with Crippen LogP contribution >= 0.6 is 0 Å². The molecule has 2 aromatic heterocycles. The molecule has 1 aliphatic rings. The highest BCUT2D eigenvalue weighted by Crippen LogP contribution is 2.36. The van der Waals surface area contributed by atoms with Gasteiger partial charge in [0.1, 0.15) is 0 Å². The number of hydrogen-bond donors (Lipinski definition) is 1. The van der Waals surface area contributed by atoms with E-state index in [9.17, 15) is 0 Å². The van der Waals surface area contributed by atoms with E-state index >= 15 is 0 Å². The van der Waals surface area contributed by atoms with Gasteiger partial charge in [-0.05, 0) is 60.2 Å². The number of fused-ring (bicyclic) bond motifs is 3. The average Bonchev–Trinajstić information content (AvgIpc) is 3.56. The molecule has 3 nitrogen and oxygen atoms in total. The predicted molar refractivity (Wildman–Crippen MR) is 125 cm³/mol. The van der Waals surface area contributed by atoms with Crippen LogP contribution in [0.3, 0.4) is 0 Å². The highest BCUT2D eigenvalue weighted by atomic mass is 15.0. The average molecular weight is 385 g/mol. The van der Waals surface area contributed by atoms with Crippen molar-refractivity contribution >= 4 is 33.6 Å². The third kappa shape index (κ3) is 2.56. The molecule has 30 heavy (non-hydrogen) atoms. The van der Waals surface area contributed by atoms with Gasteiger partial charge in [0.05, 0.1) is 16.7 Å². The van der Waals surface area contributed by atoms with E-state index in [4.69, 9.17) is 0 Å². The molecule has 0 amide bonds. The van der Waals surface area contributed by atoms with E-state index < -0.39 is 0 Å². The van der Waals surface area contributed by atoms with E-state index in [0.29, 0.717) is 0 Å². The van der Waals surface area contributed by atoms with Crippen LogP contribution in [0.5, 0.6) is 0 Å². The molecule has 3 heteroatoms. The Hall–Kier alpha value is -4.11. The lowest BCUT2D eigenvalue weighted by atomic mass is 9.98. The summed E-state index contributed by atoms with van der Waals surface area (Å²) in [7, 11) is 0. The predicted octanol–water partition coefficient (Wildman–Crippen LogP) is 6.51. The molecule has 0 unspecified atom stereocenters. The topological polar surface area (TPSA) is 33.1 Å². The summed E-state index contributed by atoms with van der Waals surface area (Å²) < 4.78 is 2.34. The Morgan fingerprint density at radius 2 is 1.60 bits per heavy atom. The molecule has 0 saturated heterocycles. The first-order valence-corrected chi connectivity index (χ1v) is 10.1. The molecule has 3 aromatic carbocycles. The van der Waals surface area contributed by atoms with Crippen LogP contribution in [0.15, 0.2) is 114 Å². The van der Waals surface area contributed by atoms with Crippen molar-refractivity contribution in [3.05, 3.63) is 120 Å². The fourth-order valence-electron chi connectivity index (χ4n) is 4.36. The van der Waals surface area contributed by atoms with Crippen LogP contribution < -0.4 is 0 Å². The van der Waals surface area contributed by atoms with Crippen LogP contribution in [0.1, 0.15) is 11.3 Å². The number of para-hydroxylation sites is 2. The molecule has 3 heterocycles. The Morgan fingerprint density at radius 1 is 0.767 bits per heavy atom. The van der Waals surface area contributed by atoms with Crippen molar-refractivity contribution in [2.45, 2.75) is 0 Å². The van der Waals surface area contributed by atoms with E-state index in [1.54, 1.807) is 0 Å². The van der Waals surface area contributed by atoms with Crippen LogP contribution in [-0.2, 0) is 0 Å². The molecule has 0 atom stereocenters. The summed E-state index contributed by atoms with van der Waals surface area (Å²) in [6.07, 6.45) is 7.85. The lowest BCUT2D eigenvalue weighted by molar-refractivity contribution is 1.18. The normalized spacial score (nSPS) is 14.8. The number of hydrogen-bond acceptors (Lipinski definition) is 1. The number of aliphatic imine (C=N–C) groups is 1. The SMILES string of the molecule is C1=C/C(=C(\c2ccc3c(c2)c2ccccc2n3-c2ccccc2)c2ccc[nH]2)N=C1. The molecule has 0 saturated carbocycles. The van der Waals surface area contributed by atoms with E-state index in [2.05, 4.69) is 99.5 Å². The molecule has 0 spiro atoms. The highest BCUT2D eigenvalue weighted by Gasteiger charge is 2.16. The quantitative estimate of drug-likeness (QED) is 0.367. The van der Waals surface area contributed by atoms with Gasteiger partial charge in [0.25, 0.3) is 0 Å². The molecule has 5 aromatic rings. The Bertz CT molecular complexity index is 1450. The monoisotopic (exact) mass is 385 g/mol. The van der Waals surface area contributed by atoms with Crippen LogP contribution in [0.2, 0.25) is 0 Å². The molecule has 0 aliphatic carbocycles. The van der Waals surface area contributed by atoms with Gasteiger partial charge in [-0.15, -0.1) is 0 Å². The van der Waals surface area contributed by atoms with Crippen LogP contribution in [0.25, 0.3) is 33.1 Å². The van der Waals surface area contributed by atoms with Crippen molar-refractivity contribution in [3.8, 4) is 5.69 Å². The zero-order valence-electron chi connectivity index (χ0n) is 16.3. The molecular weight excluding hydrogens is 366 g/mol. The molecule has 0 radical (unpaired) electrons. The fourth-order valence-corrected chi connectivity index (χ4v) is 4.36. The summed E-state index contributed by atoms with van der Waals surface area (Å²) in [5.41, 5.74) is 7.89. The van der Waals surface area contributed by atoms with Gasteiger partial charge in [-0.1, -0.05) is 42.5 Å². The second-order valence-electron chi connectivity index (χ2n) is 7.40. The Kier molecular flexibility index (Phi) is 3.78. The molecular formula is C27H19N3. The third-order valence-electron chi connectivity index (χ3n) is 5.65. The van der Waals surface area contributed by atoms with Crippen molar-refractivity contribution in [3.63, 3.8) is 0 Å². The first-order valence-electron chi connectivity index (χ1n) is 10.1. The van der Waals surface area contributed by atoms with Gasteiger partial charge >= 0.3 is 0 Å². The Labute approximate surface area is 174 Å². The van der Waals surface area contributed by atoms with Gasteiger partial charge in [-0.25, -0.2) is 0 Å². The number of nitrogens with one attached hydrogen (secondary N) is 1. The fraction of sp³-hybridized carbons (Fsp3) is 0. The van der Waals surface area contributed by atoms with Crippen LogP contribution in [0, 0.1) is 0 Å². The van der Waals surface area contributed by atoms with Gasteiger partial charge in [-0.3, -0.25) is 4.99 Å². The zero-order chi connectivity index (χ0) is 19.9. The Balaban J connectivity index is 1.66. The number of H-pyrrole nitrogens is 1. The van der Waals surface area contributed by atoms with E-state index in [1.165, 1.54) is 27.5 Å². The van der Waals surface area contributed by atoms with Gasteiger partial charge in [0.15, 0.2) is 0 Å². The third-order valence-corrected chi connectivity index (χ3v) is 5.65. The van der Waals surface area contributed by atoms with Crippen molar-refractivity contribution in [2.24, 2.45) is 4.99 Å². The highest BCUT2D eigenvalue weighted by molar-refractivity contribution is 6.10. The maximum atomic E-state index is 4.58. The van der Waals surface area contributed by atoms with Crippen molar-refractivity contribution in [1.82, 2.24) is 9.55 Å². The summed E-state index contributed by atoms with van der Waals surface area (Å²) in [5, 5.41) is 2.49. The number of benzene rings is 3. The summed E-state index contributed by atoms with van der Waals surface area (Å²) in [5.74, 6) is 0. The summed E-state index contributed by atoms with van der Waals surface area (Å²) >= 11 is 0. The summed E-state index contributed by atoms with van der Waals surface area (Å²) in [6.45, 7) is 0. The number of rotatable bonds is 3. The molecule has 1 aliphatic heterocycles. The minimum atomic E-state index is 0.976.